The predicted molar refractivity (Wildman–Crippen MR) is 118 cm³/mol. The molecule has 0 aromatic heterocycles. The smallest absolute Gasteiger partial charge is 0.324 e. The summed E-state index contributed by atoms with van der Waals surface area (Å²) < 4.78 is 34.5. The number of nitrogens with zero attached hydrogens (tertiary/aromatic N) is 1. The Morgan fingerprint density at radius 1 is 1.10 bits per heavy atom. The highest BCUT2D eigenvalue weighted by Crippen LogP contribution is 2.27. The summed E-state index contributed by atoms with van der Waals surface area (Å²) >= 11 is 3.34. The zero-order valence-electron chi connectivity index (χ0n) is 17.3. The van der Waals surface area contributed by atoms with Crippen molar-refractivity contribution < 1.29 is 17.9 Å². The number of carbonyl (C=O) groups is 1. The molecule has 7 heteroatoms. The first-order valence-electron chi connectivity index (χ1n) is 9.65. The number of ether oxygens (including phenoxy) is 1. The van der Waals surface area contributed by atoms with Crippen LogP contribution in [0.1, 0.15) is 38.3 Å². The molecule has 0 aliphatic rings. The van der Waals surface area contributed by atoms with E-state index in [1.54, 1.807) is 31.2 Å². The second-order valence-corrected chi connectivity index (χ2v) is 10.1. The van der Waals surface area contributed by atoms with Gasteiger partial charge in [-0.3, -0.25) is 4.79 Å². The van der Waals surface area contributed by atoms with Crippen LogP contribution in [0.3, 0.4) is 0 Å². The molecule has 0 amide bonds. The van der Waals surface area contributed by atoms with E-state index in [4.69, 9.17) is 4.74 Å². The summed E-state index contributed by atoms with van der Waals surface area (Å²) in [5.41, 5.74) is 1.82. The fourth-order valence-electron chi connectivity index (χ4n) is 3.08. The average molecular weight is 482 g/mol. The van der Waals surface area contributed by atoms with Crippen molar-refractivity contribution in [2.45, 2.75) is 51.6 Å². The lowest BCUT2D eigenvalue weighted by Crippen LogP contribution is -2.46. The molecule has 0 fully saturated rings. The van der Waals surface area contributed by atoms with Gasteiger partial charge in [-0.15, -0.1) is 0 Å². The van der Waals surface area contributed by atoms with Crippen molar-refractivity contribution >= 4 is 31.9 Å². The predicted octanol–water partition coefficient (Wildman–Crippen LogP) is 4.93. The largest absolute Gasteiger partial charge is 0.465 e. The SMILES string of the molecule is CCOC(=O)C(CC(C)C)N(Cc1ccccc1C)S(=O)(=O)c1ccc(Br)cc1. The summed E-state index contributed by atoms with van der Waals surface area (Å²) in [5.74, 6) is -0.403. The molecule has 1 atom stereocenters. The monoisotopic (exact) mass is 481 g/mol. The molecule has 0 aliphatic carbocycles. The molecule has 0 N–H and O–H groups in total. The summed E-state index contributed by atoms with van der Waals surface area (Å²) in [5, 5.41) is 0. The quantitative estimate of drug-likeness (QED) is 0.476. The number of halogens is 1. The number of benzene rings is 2. The highest BCUT2D eigenvalue weighted by molar-refractivity contribution is 9.10. The molecule has 0 heterocycles. The molecule has 0 saturated heterocycles. The van der Waals surface area contributed by atoms with Gasteiger partial charge in [-0.05, 0) is 61.6 Å². The van der Waals surface area contributed by atoms with Crippen LogP contribution in [-0.4, -0.2) is 31.3 Å². The minimum Gasteiger partial charge on any atom is -0.465 e. The first kappa shape index (κ1) is 23.6. The number of hydrogen-bond acceptors (Lipinski definition) is 4. The maximum atomic E-state index is 13.6. The van der Waals surface area contributed by atoms with Crippen molar-refractivity contribution in [3.05, 3.63) is 64.1 Å². The van der Waals surface area contributed by atoms with Crippen LogP contribution in [0.2, 0.25) is 0 Å². The highest BCUT2D eigenvalue weighted by Gasteiger charge is 2.37. The van der Waals surface area contributed by atoms with E-state index in [1.165, 1.54) is 4.31 Å². The van der Waals surface area contributed by atoms with Crippen molar-refractivity contribution in [1.29, 1.82) is 0 Å². The van der Waals surface area contributed by atoms with Gasteiger partial charge in [0.05, 0.1) is 11.5 Å². The van der Waals surface area contributed by atoms with Gasteiger partial charge in [0, 0.05) is 11.0 Å². The van der Waals surface area contributed by atoms with Crippen molar-refractivity contribution in [2.24, 2.45) is 5.92 Å². The number of hydrogen-bond donors (Lipinski definition) is 0. The molecule has 0 radical (unpaired) electrons. The van der Waals surface area contributed by atoms with Crippen molar-refractivity contribution in [3.63, 3.8) is 0 Å². The van der Waals surface area contributed by atoms with Gasteiger partial charge in [0.15, 0.2) is 0 Å². The van der Waals surface area contributed by atoms with E-state index in [9.17, 15) is 13.2 Å². The maximum absolute atomic E-state index is 13.6. The Hall–Kier alpha value is -1.70. The van der Waals surface area contributed by atoms with E-state index < -0.39 is 22.0 Å². The standard InChI is InChI=1S/C22H28BrNO4S/c1-5-28-22(25)21(14-16(2)3)24(15-18-9-7-6-8-17(18)4)29(26,27)20-12-10-19(23)11-13-20/h6-13,16,21H,5,14-15H2,1-4H3. The van der Waals surface area contributed by atoms with E-state index >= 15 is 0 Å². The Morgan fingerprint density at radius 2 is 1.72 bits per heavy atom. The molecule has 29 heavy (non-hydrogen) atoms. The molecule has 0 aliphatic heterocycles. The van der Waals surface area contributed by atoms with Gasteiger partial charge < -0.3 is 4.74 Å². The zero-order valence-corrected chi connectivity index (χ0v) is 19.7. The minimum atomic E-state index is -3.93. The van der Waals surface area contributed by atoms with Gasteiger partial charge in [0.25, 0.3) is 0 Å². The summed E-state index contributed by atoms with van der Waals surface area (Å²) in [6, 6.07) is 13.1. The molecule has 158 valence electrons. The fraction of sp³-hybridized carbons (Fsp3) is 0.409. The second-order valence-electron chi connectivity index (χ2n) is 7.33. The van der Waals surface area contributed by atoms with Crippen LogP contribution in [0.5, 0.6) is 0 Å². The number of esters is 1. The lowest BCUT2D eigenvalue weighted by molar-refractivity contribution is -0.148. The van der Waals surface area contributed by atoms with Gasteiger partial charge in [-0.1, -0.05) is 54.0 Å². The van der Waals surface area contributed by atoms with Crippen molar-refractivity contribution in [1.82, 2.24) is 4.31 Å². The molecule has 5 nitrogen and oxygen atoms in total. The Bertz CT molecular complexity index is 926. The van der Waals surface area contributed by atoms with Crippen LogP contribution in [-0.2, 0) is 26.1 Å². The highest BCUT2D eigenvalue weighted by atomic mass is 79.9. The Balaban J connectivity index is 2.57. The summed E-state index contributed by atoms with van der Waals surface area (Å²) in [7, 11) is -3.93. The molecule has 0 saturated carbocycles. The van der Waals surface area contributed by atoms with Crippen LogP contribution >= 0.6 is 15.9 Å². The topological polar surface area (TPSA) is 63.7 Å². The van der Waals surface area contributed by atoms with Gasteiger partial charge in [0.2, 0.25) is 10.0 Å². The minimum absolute atomic E-state index is 0.0985. The lowest BCUT2D eigenvalue weighted by Gasteiger charge is -2.31. The molecule has 0 bridgehead atoms. The lowest BCUT2D eigenvalue weighted by atomic mass is 10.0. The first-order chi connectivity index (χ1) is 13.7. The van der Waals surface area contributed by atoms with E-state index in [2.05, 4.69) is 15.9 Å². The first-order valence-corrected chi connectivity index (χ1v) is 11.9. The normalized spacial score (nSPS) is 12.9. The van der Waals surface area contributed by atoms with Gasteiger partial charge in [0.1, 0.15) is 6.04 Å². The number of carbonyl (C=O) groups excluding carboxylic acids is 1. The van der Waals surface area contributed by atoms with Crippen LogP contribution < -0.4 is 0 Å². The molecule has 2 rings (SSSR count). The van der Waals surface area contributed by atoms with E-state index in [-0.39, 0.29) is 24.0 Å². The number of aryl methyl sites for hydroxylation is 1. The third-order valence-corrected chi connectivity index (χ3v) is 7.01. The molecule has 2 aromatic rings. The van der Waals surface area contributed by atoms with Crippen molar-refractivity contribution in [2.75, 3.05) is 6.61 Å². The van der Waals surface area contributed by atoms with Crippen LogP contribution in [0.4, 0.5) is 0 Å². The molecular formula is C22H28BrNO4S. The van der Waals surface area contributed by atoms with E-state index in [1.807, 2.05) is 45.0 Å². The van der Waals surface area contributed by atoms with Gasteiger partial charge in [-0.2, -0.15) is 4.31 Å². The Labute approximate surface area is 182 Å². The van der Waals surface area contributed by atoms with Crippen LogP contribution in [0, 0.1) is 12.8 Å². The van der Waals surface area contributed by atoms with E-state index in [0.29, 0.717) is 6.42 Å². The third kappa shape index (κ3) is 6.14. The van der Waals surface area contributed by atoms with Crippen LogP contribution in [0.15, 0.2) is 57.9 Å². The molecular weight excluding hydrogens is 454 g/mol. The van der Waals surface area contributed by atoms with Gasteiger partial charge >= 0.3 is 5.97 Å². The maximum Gasteiger partial charge on any atom is 0.324 e. The van der Waals surface area contributed by atoms with Crippen molar-refractivity contribution in [3.8, 4) is 0 Å². The second kappa shape index (κ2) is 10.4. The summed E-state index contributed by atoms with van der Waals surface area (Å²) in [4.78, 5) is 12.9. The summed E-state index contributed by atoms with van der Waals surface area (Å²) in [6.07, 6.45) is 0.375. The van der Waals surface area contributed by atoms with E-state index in [0.717, 1.165) is 15.6 Å². The van der Waals surface area contributed by atoms with Gasteiger partial charge in [-0.25, -0.2) is 8.42 Å². The zero-order chi connectivity index (χ0) is 21.6. The Kier molecular flexibility index (Phi) is 8.43. The number of sulfonamides is 1. The van der Waals surface area contributed by atoms with Crippen LogP contribution in [0.25, 0.3) is 0 Å². The molecule has 1 unspecified atom stereocenters. The molecule has 2 aromatic carbocycles. The summed E-state index contributed by atoms with van der Waals surface area (Å²) in [6.45, 7) is 7.88. The fourth-order valence-corrected chi connectivity index (χ4v) is 4.91. The molecule has 0 spiro atoms. The number of rotatable bonds is 9. The Morgan fingerprint density at radius 3 is 2.28 bits per heavy atom. The average Bonchev–Trinajstić information content (AvgIpc) is 2.66. The third-order valence-electron chi connectivity index (χ3n) is 4.61.